The van der Waals surface area contributed by atoms with Crippen LogP contribution in [0, 0.1) is 5.41 Å². The fourth-order valence-corrected chi connectivity index (χ4v) is 4.73. The van der Waals surface area contributed by atoms with Crippen LogP contribution in [0.1, 0.15) is 37.2 Å². The second-order valence-electron chi connectivity index (χ2n) is 8.13. The topological polar surface area (TPSA) is 67.2 Å². The Kier molecular flexibility index (Phi) is 5.20. The van der Waals surface area contributed by atoms with Gasteiger partial charge in [-0.1, -0.05) is 30.3 Å². The van der Waals surface area contributed by atoms with Crippen molar-refractivity contribution in [2.75, 3.05) is 33.2 Å². The predicted octanol–water partition coefficient (Wildman–Crippen LogP) is 1.79. The van der Waals surface area contributed by atoms with Crippen molar-refractivity contribution in [3.05, 3.63) is 42.2 Å². The highest BCUT2D eigenvalue weighted by molar-refractivity contribution is 5.84. The fraction of sp³-hybridized carbons (Fsp3) is 0.600. The van der Waals surface area contributed by atoms with Gasteiger partial charge < -0.3 is 9.80 Å². The van der Waals surface area contributed by atoms with E-state index in [2.05, 4.69) is 32.6 Å². The predicted molar refractivity (Wildman–Crippen MR) is 102 cm³/mol. The van der Waals surface area contributed by atoms with Crippen LogP contribution in [0.5, 0.6) is 0 Å². The lowest BCUT2D eigenvalue weighted by atomic mass is 9.67. The Bertz CT molecular complexity index is 739. The zero-order valence-corrected chi connectivity index (χ0v) is 16.0. The molecule has 0 saturated carbocycles. The van der Waals surface area contributed by atoms with Crippen molar-refractivity contribution in [1.82, 2.24) is 30.0 Å². The van der Waals surface area contributed by atoms with Gasteiger partial charge >= 0.3 is 0 Å². The van der Waals surface area contributed by atoms with Gasteiger partial charge in [0.1, 0.15) is 6.33 Å². The lowest BCUT2D eigenvalue weighted by Gasteiger charge is -2.49. The molecular formula is C20H28N6O. The number of benzene rings is 1. The number of carbonyl (C=O) groups excluding carboxylic acids is 1. The molecule has 1 spiro atoms. The first-order chi connectivity index (χ1) is 13.2. The maximum absolute atomic E-state index is 12.8. The van der Waals surface area contributed by atoms with Crippen molar-refractivity contribution in [3.8, 4) is 0 Å². The maximum Gasteiger partial charge on any atom is 0.229 e. The van der Waals surface area contributed by atoms with Crippen LogP contribution in [0.3, 0.4) is 0 Å². The van der Waals surface area contributed by atoms with Gasteiger partial charge in [0.2, 0.25) is 5.91 Å². The summed E-state index contributed by atoms with van der Waals surface area (Å²) in [6.45, 7) is 5.06. The molecule has 2 saturated heterocycles. The SMILES string of the molecule is CN1CC2(CCN(CCCn3cnnn3)CC2)CC(c2ccccc2)C1=O. The maximum atomic E-state index is 12.8. The van der Waals surface area contributed by atoms with Crippen LogP contribution in [0.4, 0.5) is 0 Å². The van der Waals surface area contributed by atoms with Crippen molar-refractivity contribution in [2.24, 2.45) is 5.41 Å². The zero-order valence-electron chi connectivity index (χ0n) is 16.0. The third-order valence-electron chi connectivity index (χ3n) is 6.26. The van der Waals surface area contributed by atoms with Crippen molar-refractivity contribution in [3.63, 3.8) is 0 Å². The zero-order chi connectivity index (χ0) is 18.7. The molecule has 27 heavy (non-hydrogen) atoms. The molecule has 0 bridgehead atoms. The van der Waals surface area contributed by atoms with E-state index in [0.717, 1.165) is 51.1 Å². The van der Waals surface area contributed by atoms with Gasteiger partial charge in [-0.15, -0.1) is 5.10 Å². The number of aryl methyl sites for hydroxylation is 1. The molecule has 0 radical (unpaired) electrons. The van der Waals surface area contributed by atoms with Gasteiger partial charge in [-0.25, -0.2) is 4.68 Å². The van der Waals surface area contributed by atoms with Gasteiger partial charge in [0.05, 0.1) is 5.92 Å². The van der Waals surface area contributed by atoms with E-state index in [4.69, 9.17) is 0 Å². The second kappa shape index (κ2) is 7.76. The minimum Gasteiger partial charge on any atom is -0.345 e. The molecule has 1 amide bonds. The van der Waals surface area contributed by atoms with Gasteiger partial charge in [-0.05, 0) is 66.7 Å². The van der Waals surface area contributed by atoms with E-state index in [1.165, 1.54) is 12.8 Å². The number of likely N-dealkylation sites (N-methyl/N-ethyl adjacent to an activating group) is 1. The van der Waals surface area contributed by atoms with E-state index in [-0.39, 0.29) is 17.2 Å². The summed E-state index contributed by atoms with van der Waals surface area (Å²) in [4.78, 5) is 17.3. The average molecular weight is 368 g/mol. The first-order valence-corrected chi connectivity index (χ1v) is 9.88. The van der Waals surface area contributed by atoms with E-state index in [1.54, 1.807) is 11.0 Å². The summed E-state index contributed by atoms with van der Waals surface area (Å²) in [5.74, 6) is 0.284. The molecule has 0 N–H and O–H groups in total. The van der Waals surface area contributed by atoms with Crippen molar-refractivity contribution >= 4 is 5.91 Å². The number of carbonyl (C=O) groups is 1. The van der Waals surface area contributed by atoms with Crippen molar-refractivity contribution < 1.29 is 4.79 Å². The van der Waals surface area contributed by atoms with Gasteiger partial charge in [0.25, 0.3) is 0 Å². The summed E-state index contributed by atoms with van der Waals surface area (Å²) in [5.41, 5.74) is 1.42. The summed E-state index contributed by atoms with van der Waals surface area (Å²) < 4.78 is 1.79. The number of rotatable bonds is 5. The normalized spacial score (nSPS) is 23.1. The molecule has 1 aromatic heterocycles. The first kappa shape index (κ1) is 18.1. The number of tetrazole rings is 1. The molecule has 7 nitrogen and oxygen atoms in total. The standard InChI is InChI=1S/C20H28N6O/c1-24-15-20(14-18(19(24)27)17-6-3-2-4-7-17)8-12-25(13-9-20)10-5-11-26-16-21-22-23-26/h2-4,6-7,16,18H,5,8-15H2,1H3. The largest absolute Gasteiger partial charge is 0.345 e. The molecule has 2 aliphatic rings. The number of aromatic nitrogens is 4. The third kappa shape index (κ3) is 4.03. The Labute approximate surface area is 160 Å². The third-order valence-corrected chi connectivity index (χ3v) is 6.26. The average Bonchev–Trinajstić information content (AvgIpc) is 3.21. The van der Waals surface area contributed by atoms with Crippen LogP contribution in [0.2, 0.25) is 0 Å². The van der Waals surface area contributed by atoms with Crippen molar-refractivity contribution in [2.45, 2.75) is 38.1 Å². The molecule has 4 rings (SSSR count). The quantitative estimate of drug-likeness (QED) is 0.805. The molecular weight excluding hydrogens is 340 g/mol. The number of hydrogen-bond donors (Lipinski definition) is 0. The van der Waals surface area contributed by atoms with Gasteiger partial charge in [0, 0.05) is 20.1 Å². The Morgan fingerprint density at radius 2 is 1.93 bits per heavy atom. The van der Waals surface area contributed by atoms with E-state index < -0.39 is 0 Å². The van der Waals surface area contributed by atoms with Crippen LogP contribution in [0.25, 0.3) is 0 Å². The Balaban J connectivity index is 1.34. The van der Waals surface area contributed by atoms with Crippen LogP contribution in [-0.2, 0) is 11.3 Å². The van der Waals surface area contributed by atoms with Crippen LogP contribution < -0.4 is 0 Å². The number of piperidine rings is 2. The monoisotopic (exact) mass is 368 g/mol. The Morgan fingerprint density at radius 3 is 2.63 bits per heavy atom. The van der Waals surface area contributed by atoms with Crippen LogP contribution in [-0.4, -0.2) is 69.1 Å². The molecule has 7 heteroatoms. The van der Waals surface area contributed by atoms with Crippen molar-refractivity contribution in [1.29, 1.82) is 0 Å². The lowest BCUT2D eigenvalue weighted by molar-refractivity contribution is -0.139. The van der Waals surface area contributed by atoms with E-state index in [0.29, 0.717) is 0 Å². The van der Waals surface area contributed by atoms with E-state index in [9.17, 15) is 4.79 Å². The number of likely N-dealkylation sites (tertiary alicyclic amines) is 2. The summed E-state index contributed by atoms with van der Waals surface area (Å²) in [7, 11) is 1.97. The van der Waals surface area contributed by atoms with Crippen LogP contribution in [0.15, 0.2) is 36.7 Å². The summed E-state index contributed by atoms with van der Waals surface area (Å²) in [5, 5.41) is 11.3. The number of hydrogen-bond acceptors (Lipinski definition) is 5. The first-order valence-electron chi connectivity index (χ1n) is 9.88. The number of amides is 1. The molecule has 1 unspecified atom stereocenters. The summed E-state index contributed by atoms with van der Waals surface area (Å²) in [6, 6.07) is 10.3. The molecule has 1 atom stereocenters. The second-order valence-corrected chi connectivity index (χ2v) is 8.13. The molecule has 2 fully saturated rings. The smallest absolute Gasteiger partial charge is 0.229 e. The highest BCUT2D eigenvalue weighted by Crippen LogP contribution is 2.45. The molecule has 144 valence electrons. The lowest BCUT2D eigenvalue weighted by Crippen LogP contribution is -2.52. The highest BCUT2D eigenvalue weighted by atomic mass is 16.2. The Morgan fingerprint density at radius 1 is 1.15 bits per heavy atom. The highest BCUT2D eigenvalue weighted by Gasteiger charge is 2.44. The molecule has 2 aliphatic heterocycles. The Hall–Kier alpha value is -2.28. The van der Waals surface area contributed by atoms with Gasteiger partial charge in [0.15, 0.2) is 0 Å². The number of nitrogens with zero attached hydrogens (tertiary/aromatic N) is 6. The van der Waals surface area contributed by atoms with Gasteiger partial charge in [-0.3, -0.25) is 4.79 Å². The van der Waals surface area contributed by atoms with E-state index in [1.807, 2.05) is 30.1 Å². The minimum atomic E-state index is 0.0105. The molecule has 2 aromatic rings. The summed E-state index contributed by atoms with van der Waals surface area (Å²) >= 11 is 0. The van der Waals surface area contributed by atoms with Crippen LogP contribution >= 0.6 is 0 Å². The molecule has 1 aromatic carbocycles. The molecule has 3 heterocycles. The fourth-order valence-electron chi connectivity index (χ4n) is 4.73. The van der Waals surface area contributed by atoms with E-state index >= 15 is 0 Å². The minimum absolute atomic E-state index is 0.0105. The summed E-state index contributed by atoms with van der Waals surface area (Å²) in [6.07, 6.45) is 6.04. The molecule has 0 aliphatic carbocycles. The van der Waals surface area contributed by atoms with Gasteiger partial charge in [-0.2, -0.15) is 0 Å².